The number of piperidine rings is 1. The fourth-order valence-electron chi connectivity index (χ4n) is 2.84. The molecule has 2 aliphatic rings. The van der Waals surface area contributed by atoms with Gasteiger partial charge in [-0.3, -0.25) is 0 Å². The molecule has 0 spiro atoms. The predicted octanol–water partition coefficient (Wildman–Crippen LogP) is 2.74. The van der Waals surface area contributed by atoms with Crippen molar-refractivity contribution in [2.24, 2.45) is 11.8 Å². The van der Waals surface area contributed by atoms with Crippen molar-refractivity contribution in [2.75, 3.05) is 32.7 Å². The van der Waals surface area contributed by atoms with Crippen molar-refractivity contribution in [3.8, 4) is 0 Å². The lowest BCUT2D eigenvalue weighted by molar-refractivity contribution is 0.234. The summed E-state index contributed by atoms with van der Waals surface area (Å²) in [6, 6.07) is 0. The van der Waals surface area contributed by atoms with Crippen LogP contribution in [0.4, 0.5) is 0 Å². The third-order valence-electron chi connectivity index (χ3n) is 3.92. The Hall–Kier alpha value is -0.0800. The summed E-state index contributed by atoms with van der Waals surface area (Å²) >= 11 is 0. The Morgan fingerprint density at radius 2 is 1.75 bits per heavy atom. The van der Waals surface area contributed by atoms with Crippen LogP contribution in [-0.4, -0.2) is 37.6 Å². The minimum Gasteiger partial charge on any atom is -0.317 e. The number of nitrogens with zero attached hydrogens (tertiary/aromatic N) is 1. The smallest absolute Gasteiger partial charge is 0.00107 e. The van der Waals surface area contributed by atoms with Gasteiger partial charge in [0.05, 0.1) is 0 Å². The van der Waals surface area contributed by atoms with Gasteiger partial charge in [0, 0.05) is 13.1 Å². The van der Waals surface area contributed by atoms with Gasteiger partial charge in [-0.2, -0.15) is 0 Å². The molecule has 0 amide bonds. The Bertz CT molecular complexity index is 164. The molecule has 1 N–H and O–H groups in total. The van der Waals surface area contributed by atoms with Gasteiger partial charge < -0.3 is 10.2 Å². The fraction of sp³-hybridized carbons (Fsp3) is 1.00. The lowest BCUT2D eigenvalue weighted by Crippen LogP contribution is -2.35. The highest BCUT2D eigenvalue weighted by Crippen LogP contribution is 2.22. The van der Waals surface area contributed by atoms with Crippen molar-refractivity contribution >= 4 is 0 Å². The van der Waals surface area contributed by atoms with Crippen LogP contribution in [-0.2, 0) is 0 Å². The third-order valence-corrected chi connectivity index (χ3v) is 3.92. The van der Waals surface area contributed by atoms with E-state index >= 15 is 0 Å². The van der Waals surface area contributed by atoms with Crippen LogP contribution in [0, 0.1) is 11.8 Å². The highest BCUT2D eigenvalue weighted by molar-refractivity contribution is 4.78. The van der Waals surface area contributed by atoms with Crippen LogP contribution in [0.5, 0.6) is 0 Å². The molecule has 2 aliphatic heterocycles. The van der Waals surface area contributed by atoms with Crippen molar-refractivity contribution in [2.45, 2.75) is 46.5 Å². The first-order valence-electron chi connectivity index (χ1n) is 7.31. The third kappa shape index (κ3) is 4.42. The Morgan fingerprint density at radius 1 is 1.06 bits per heavy atom. The van der Waals surface area contributed by atoms with Crippen LogP contribution >= 0.6 is 0 Å². The SMILES string of the molecule is CC.CC[C@@H]1CCN(CC2CCNCC2)C1. The molecule has 2 heteroatoms. The zero-order valence-corrected chi connectivity index (χ0v) is 11.5. The van der Waals surface area contributed by atoms with E-state index in [1.54, 1.807) is 0 Å². The van der Waals surface area contributed by atoms with Gasteiger partial charge in [-0.05, 0) is 50.7 Å². The van der Waals surface area contributed by atoms with Gasteiger partial charge in [-0.15, -0.1) is 0 Å². The molecule has 0 aromatic rings. The Balaban J connectivity index is 0.000000606. The zero-order chi connectivity index (χ0) is 11.8. The molecule has 96 valence electrons. The largest absolute Gasteiger partial charge is 0.317 e. The van der Waals surface area contributed by atoms with Crippen molar-refractivity contribution in [1.82, 2.24) is 10.2 Å². The van der Waals surface area contributed by atoms with Crippen molar-refractivity contribution in [1.29, 1.82) is 0 Å². The summed E-state index contributed by atoms with van der Waals surface area (Å²) in [5.41, 5.74) is 0. The van der Waals surface area contributed by atoms with Crippen LogP contribution in [0.1, 0.15) is 46.5 Å². The van der Waals surface area contributed by atoms with Gasteiger partial charge >= 0.3 is 0 Å². The van der Waals surface area contributed by atoms with Gasteiger partial charge in [0.1, 0.15) is 0 Å². The van der Waals surface area contributed by atoms with Crippen LogP contribution < -0.4 is 5.32 Å². The first-order chi connectivity index (χ1) is 7.88. The molecule has 0 aromatic heterocycles. The van der Waals surface area contributed by atoms with Gasteiger partial charge in [0.25, 0.3) is 0 Å². The number of rotatable bonds is 3. The lowest BCUT2D eigenvalue weighted by atomic mass is 9.98. The van der Waals surface area contributed by atoms with Gasteiger partial charge in [0.2, 0.25) is 0 Å². The van der Waals surface area contributed by atoms with E-state index in [1.807, 2.05) is 13.8 Å². The van der Waals surface area contributed by atoms with Gasteiger partial charge in [-0.25, -0.2) is 0 Å². The molecule has 0 aromatic carbocycles. The second-order valence-electron chi connectivity index (χ2n) is 5.02. The maximum absolute atomic E-state index is 3.44. The van der Waals surface area contributed by atoms with E-state index in [9.17, 15) is 0 Å². The minimum absolute atomic E-state index is 0.979. The van der Waals surface area contributed by atoms with E-state index in [4.69, 9.17) is 0 Å². The summed E-state index contributed by atoms with van der Waals surface area (Å²) in [5, 5.41) is 3.44. The maximum atomic E-state index is 3.44. The van der Waals surface area contributed by atoms with Crippen molar-refractivity contribution in [3.05, 3.63) is 0 Å². The molecule has 2 heterocycles. The van der Waals surface area contributed by atoms with Gasteiger partial charge in [0.15, 0.2) is 0 Å². The zero-order valence-electron chi connectivity index (χ0n) is 11.5. The molecular weight excluding hydrogens is 196 g/mol. The van der Waals surface area contributed by atoms with E-state index in [0.717, 1.165) is 11.8 Å². The van der Waals surface area contributed by atoms with E-state index < -0.39 is 0 Å². The van der Waals surface area contributed by atoms with E-state index in [1.165, 1.54) is 58.4 Å². The molecule has 0 bridgehead atoms. The van der Waals surface area contributed by atoms with E-state index in [-0.39, 0.29) is 0 Å². The summed E-state index contributed by atoms with van der Waals surface area (Å²) in [5.74, 6) is 1.98. The molecule has 2 fully saturated rings. The molecule has 0 saturated carbocycles. The molecule has 0 aliphatic carbocycles. The second kappa shape index (κ2) is 8.08. The average Bonchev–Trinajstić information content (AvgIpc) is 2.81. The van der Waals surface area contributed by atoms with Crippen molar-refractivity contribution < 1.29 is 0 Å². The van der Waals surface area contributed by atoms with Crippen LogP contribution in [0.3, 0.4) is 0 Å². The number of hydrogen-bond acceptors (Lipinski definition) is 2. The Morgan fingerprint density at radius 3 is 2.31 bits per heavy atom. The summed E-state index contributed by atoms with van der Waals surface area (Å²) in [6.45, 7) is 12.9. The van der Waals surface area contributed by atoms with E-state index in [0.29, 0.717) is 0 Å². The monoisotopic (exact) mass is 226 g/mol. The normalized spacial score (nSPS) is 27.6. The van der Waals surface area contributed by atoms with Gasteiger partial charge in [-0.1, -0.05) is 27.2 Å². The quantitative estimate of drug-likeness (QED) is 0.796. The first kappa shape index (κ1) is 14.0. The minimum atomic E-state index is 0.979. The molecule has 2 saturated heterocycles. The standard InChI is InChI=1S/C12H24N2.C2H6/c1-2-11-5-8-14(9-11)10-12-3-6-13-7-4-12;1-2/h11-13H,2-10H2,1H3;1-2H3/t11-;/m1./s1. The maximum Gasteiger partial charge on any atom is 0.00107 e. The molecule has 16 heavy (non-hydrogen) atoms. The lowest BCUT2D eigenvalue weighted by Gasteiger charge is -2.27. The highest BCUT2D eigenvalue weighted by Gasteiger charge is 2.23. The molecule has 2 nitrogen and oxygen atoms in total. The number of nitrogens with one attached hydrogen (secondary N) is 1. The highest BCUT2D eigenvalue weighted by atomic mass is 15.1. The van der Waals surface area contributed by atoms with Crippen LogP contribution in [0.2, 0.25) is 0 Å². The number of hydrogen-bond donors (Lipinski definition) is 1. The Labute approximate surface area is 102 Å². The summed E-state index contributed by atoms with van der Waals surface area (Å²) in [4.78, 5) is 2.70. The van der Waals surface area contributed by atoms with Crippen LogP contribution in [0.25, 0.3) is 0 Å². The molecule has 0 unspecified atom stereocenters. The second-order valence-corrected chi connectivity index (χ2v) is 5.02. The van der Waals surface area contributed by atoms with Crippen LogP contribution in [0.15, 0.2) is 0 Å². The Kier molecular flexibility index (Phi) is 7.06. The molecule has 2 rings (SSSR count). The predicted molar refractivity (Wildman–Crippen MR) is 71.8 cm³/mol. The molecular formula is C14H30N2. The molecule has 0 radical (unpaired) electrons. The van der Waals surface area contributed by atoms with Crippen molar-refractivity contribution in [3.63, 3.8) is 0 Å². The number of likely N-dealkylation sites (tertiary alicyclic amines) is 1. The topological polar surface area (TPSA) is 15.3 Å². The summed E-state index contributed by atoms with van der Waals surface area (Å²) in [6.07, 6.45) is 5.62. The molecule has 1 atom stereocenters. The average molecular weight is 226 g/mol. The fourth-order valence-corrected chi connectivity index (χ4v) is 2.84. The summed E-state index contributed by atoms with van der Waals surface area (Å²) < 4.78 is 0. The van der Waals surface area contributed by atoms with E-state index in [2.05, 4.69) is 17.1 Å². The summed E-state index contributed by atoms with van der Waals surface area (Å²) in [7, 11) is 0. The first-order valence-corrected chi connectivity index (χ1v) is 7.31.